The molecule has 2 saturated heterocycles. The van der Waals surface area contributed by atoms with Crippen molar-refractivity contribution in [2.45, 2.75) is 44.0 Å². The maximum Gasteiger partial charge on any atom is 0.423 e. The van der Waals surface area contributed by atoms with Crippen molar-refractivity contribution in [1.82, 2.24) is 4.90 Å². The number of phenolic OH excluding ortho intramolecular Hbond substituents is 1. The predicted octanol–water partition coefficient (Wildman–Crippen LogP) is 5.21. The molecular formula is C25H29F3N4O4S. The molecule has 200 valence electrons. The zero-order valence-electron chi connectivity index (χ0n) is 20.1. The fourth-order valence-electron chi connectivity index (χ4n) is 4.75. The number of phenols is 1. The number of nitro groups is 1. The number of rotatable bonds is 7. The zero-order chi connectivity index (χ0) is 26.6. The number of ether oxygens (including phenoxy) is 1. The van der Waals surface area contributed by atoms with Gasteiger partial charge < -0.3 is 25.0 Å². The minimum absolute atomic E-state index is 0.0632. The van der Waals surface area contributed by atoms with Crippen LogP contribution in [0.1, 0.15) is 31.2 Å². The number of halogens is 3. The second-order valence-electron chi connectivity index (χ2n) is 9.30. The highest BCUT2D eigenvalue weighted by Crippen LogP contribution is 2.38. The Morgan fingerprint density at radius 2 is 1.73 bits per heavy atom. The third kappa shape index (κ3) is 7.01. The van der Waals surface area contributed by atoms with Gasteiger partial charge in [-0.25, -0.2) is 0 Å². The molecule has 2 aromatic rings. The molecule has 0 saturated carbocycles. The van der Waals surface area contributed by atoms with Crippen LogP contribution in [-0.2, 0) is 10.9 Å². The summed E-state index contributed by atoms with van der Waals surface area (Å²) in [5.74, 6) is 0.247. The molecule has 0 atom stereocenters. The molecule has 2 aromatic carbocycles. The molecule has 0 aromatic heterocycles. The van der Waals surface area contributed by atoms with E-state index in [1.165, 1.54) is 6.07 Å². The van der Waals surface area contributed by atoms with E-state index in [1.807, 2.05) is 12.1 Å². The highest BCUT2D eigenvalue weighted by atomic mass is 32.1. The average Bonchev–Trinajstić information content (AvgIpc) is 2.88. The summed E-state index contributed by atoms with van der Waals surface area (Å²) >= 11 is 5.58. The molecular weight excluding hydrogens is 509 g/mol. The van der Waals surface area contributed by atoms with Gasteiger partial charge >= 0.3 is 6.18 Å². The molecule has 0 aliphatic carbocycles. The topological polar surface area (TPSA) is 91.1 Å². The summed E-state index contributed by atoms with van der Waals surface area (Å²) in [4.78, 5) is 15.0. The van der Waals surface area contributed by atoms with Crippen LogP contribution in [0.2, 0.25) is 0 Å². The van der Waals surface area contributed by atoms with Gasteiger partial charge in [-0.15, -0.1) is 0 Å². The van der Waals surface area contributed by atoms with Crippen molar-refractivity contribution in [3.8, 4) is 5.75 Å². The third-order valence-electron chi connectivity index (χ3n) is 6.82. The number of alkyl halides is 3. The van der Waals surface area contributed by atoms with Crippen molar-refractivity contribution in [1.29, 1.82) is 0 Å². The number of likely N-dealkylation sites (tertiary alicyclic amines) is 1. The van der Waals surface area contributed by atoms with E-state index >= 15 is 0 Å². The second kappa shape index (κ2) is 11.5. The Hall–Kier alpha value is -3.12. The Kier molecular flexibility index (Phi) is 8.38. The fourth-order valence-corrected chi connectivity index (χ4v) is 5.00. The first kappa shape index (κ1) is 26.9. The van der Waals surface area contributed by atoms with Crippen LogP contribution in [0.25, 0.3) is 0 Å². The van der Waals surface area contributed by atoms with Crippen molar-refractivity contribution in [3.05, 3.63) is 58.1 Å². The summed E-state index contributed by atoms with van der Waals surface area (Å²) in [6, 6.07) is 10.1. The standard InChI is InChI=1S/C25H29F3N4O4S/c26-25(27,28)22-15-18(1-6-23(22)32(34)35)29-17-7-11-31(12-8-17)24(37)16-36-21-9-13-30(14-10-21)19-2-4-20(33)5-3-19/h1-6,15,17,21,29,33H,7-14,16H2. The van der Waals surface area contributed by atoms with Crippen molar-refractivity contribution >= 4 is 34.3 Å². The molecule has 2 aliphatic rings. The van der Waals surface area contributed by atoms with Gasteiger partial charge in [0, 0.05) is 49.7 Å². The normalized spacial score (nSPS) is 17.6. The first-order valence-corrected chi connectivity index (χ1v) is 12.6. The zero-order valence-corrected chi connectivity index (χ0v) is 20.9. The number of hydrogen-bond acceptors (Lipinski definition) is 7. The molecule has 0 amide bonds. The van der Waals surface area contributed by atoms with Gasteiger partial charge in [0.15, 0.2) is 0 Å². The van der Waals surface area contributed by atoms with Crippen molar-refractivity contribution in [2.75, 3.05) is 43.0 Å². The molecule has 37 heavy (non-hydrogen) atoms. The van der Waals surface area contributed by atoms with E-state index in [2.05, 4.69) is 15.1 Å². The highest BCUT2D eigenvalue weighted by molar-refractivity contribution is 7.80. The van der Waals surface area contributed by atoms with Crippen LogP contribution in [-0.4, -0.2) is 64.8 Å². The van der Waals surface area contributed by atoms with Crippen LogP contribution in [0.4, 0.5) is 30.2 Å². The number of aromatic hydroxyl groups is 1. The lowest BCUT2D eigenvalue weighted by Gasteiger charge is -2.36. The highest BCUT2D eigenvalue weighted by Gasteiger charge is 2.38. The summed E-state index contributed by atoms with van der Waals surface area (Å²) in [6.07, 6.45) is -1.59. The summed E-state index contributed by atoms with van der Waals surface area (Å²) in [7, 11) is 0. The Morgan fingerprint density at radius 1 is 1.08 bits per heavy atom. The Labute approximate surface area is 218 Å². The molecule has 2 heterocycles. The quantitative estimate of drug-likeness (QED) is 0.282. The van der Waals surface area contributed by atoms with Gasteiger partial charge in [0.25, 0.3) is 5.69 Å². The van der Waals surface area contributed by atoms with E-state index in [0.717, 1.165) is 43.8 Å². The molecule has 2 fully saturated rings. The largest absolute Gasteiger partial charge is 0.508 e. The first-order chi connectivity index (χ1) is 17.6. The fraction of sp³-hybridized carbons (Fsp3) is 0.480. The van der Waals surface area contributed by atoms with Gasteiger partial charge in [-0.2, -0.15) is 13.2 Å². The lowest BCUT2D eigenvalue weighted by Crippen LogP contribution is -2.44. The molecule has 2 N–H and O–H groups in total. The lowest BCUT2D eigenvalue weighted by atomic mass is 10.0. The summed E-state index contributed by atoms with van der Waals surface area (Å²) in [5, 5.41) is 23.5. The maximum atomic E-state index is 13.2. The van der Waals surface area contributed by atoms with E-state index in [4.69, 9.17) is 17.0 Å². The van der Waals surface area contributed by atoms with Gasteiger partial charge in [-0.1, -0.05) is 12.2 Å². The van der Waals surface area contributed by atoms with E-state index in [1.54, 1.807) is 12.1 Å². The number of nitrogens with one attached hydrogen (secondary N) is 1. The Bertz CT molecular complexity index is 1100. The van der Waals surface area contributed by atoms with Crippen molar-refractivity contribution < 1.29 is 27.9 Å². The second-order valence-corrected chi connectivity index (χ2v) is 9.77. The maximum absolute atomic E-state index is 13.2. The molecule has 0 bridgehead atoms. The number of nitrogens with zero attached hydrogens (tertiary/aromatic N) is 3. The lowest BCUT2D eigenvalue weighted by molar-refractivity contribution is -0.388. The summed E-state index contributed by atoms with van der Waals surface area (Å²) < 4.78 is 45.8. The minimum atomic E-state index is -4.81. The number of nitro benzene ring substituents is 1. The van der Waals surface area contributed by atoms with Gasteiger partial charge in [0.1, 0.15) is 16.3 Å². The predicted molar refractivity (Wildman–Crippen MR) is 138 cm³/mol. The smallest absolute Gasteiger partial charge is 0.423 e. The van der Waals surface area contributed by atoms with Crippen LogP contribution in [0, 0.1) is 10.1 Å². The van der Waals surface area contributed by atoms with Gasteiger partial charge in [-0.3, -0.25) is 10.1 Å². The van der Waals surface area contributed by atoms with Crippen LogP contribution in [0.3, 0.4) is 0 Å². The van der Waals surface area contributed by atoms with Gasteiger partial charge in [0.05, 0.1) is 17.6 Å². The number of anilines is 2. The van der Waals surface area contributed by atoms with Gasteiger partial charge in [-0.05, 0) is 62.1 Å². The molecule has 4 rings (SSSR count). The van der Waals surface area contributed by atoms with Crippen molar-refractivity contribution in [2.24, 2.45) is 0 Å². The van der Waals surface area contributed by atoms with E-state index < -0.39 is 22.4 Å². The Morgan fingerprint density at radius 3 is 2.32 bits per heavy atom. The van der Waals surface area contributed by atoms with Gasteiger partial charge in [0.2, 0.25) is 0 Å². The molecule has 2 aliphatic heterocycles. The summed E-state index contributed by atoms with van der Waals surface area (Å²) in [6.45, 7) is 3.38. The minimum Gasteiger partial charge on any atom is -0.508 e. The van der Waals surface area contributed by atoms with Crippen LogP contribution >= 0.6 is 12.2 Å². The molecule has 0 radical (unpaired) electrons. The van der Waals surface area contributed by atoms with Crippen LogP contribution < -0.4 is 10.2 Å². The molecule has 0 unspecified atom stereocenters. The van der Waals surface area contributed by atoms with Crippen LogP contribution in [0.5, 0.6) is 5.75 Å². The average molecular weight is 539 g/mol. The van der Waals surface area contributed by atoms with E-state index in [0.29, 0.717) is 37.5 Å². The summed E-state index contributed by atoms with van der Waals surface area (Å²) in [5.41, 5.74) is -0.927. The monoisotopic (exact) mass is 538 g/mol. The number of benzene rings is 2. The number of hydrogen-bond donors (Lipinski definition) is 2. The SMILES string of the molecule is O=[N+]([O-])c1ccc(NC2CCN(C(=S)COC3CCN(c4ccc(O)cc4)CC3)CC2)cc1C(F)(F)F. The molecule has 0 spiro atoms. The number of thiocarbonyl (C=S) groups is 1. The number of piperidine rings is 2. The Balaban J connectivity index is 1.20. The van der Waals surface area contributed by atoms with E-state index in [9.17, 15) is 28.4 Å². The van der Waals surface area contributed by atoms with E-state index in [-0.39, 0.29) is 23.6 Å². The molecule has 8 nitrogen and oxygen atoms in total. The third-order valence-corrected chi connectivity index (χ3v) is 7.19. The first-order valence-electron chi connectivity index (χ1n) is 12.2. The van der Waals surface area contributed by atoms with Crippen LogP contribution in [0.15, 0.2) is 42.5 Å². The molecule has 12 heteroatoms. The van der Waals surface area contributed by atoms with Crippen molar-refractivity contribution in [3.63, 3.8) is 0 Å².